The smallest absolute Gasteiger partial charge is 0.152 e. The van der Waals surface area contributed by atoms with Crippen LogP contribution in [0.1, 0.15) is 41.4 Å². The number of benzene rings is 2. The van der Waals surface area contributed by atoms with Crippen LogP contribution in [0.25, 0.3) is 10.9 Å². The molecular formula is C22H25NO2. The van der Waals surface area contributed by atoms with Crippen molar-refractivity contribution in [1.82, 2.24) is 4.57 Å². The molecule has 25 heavy (non-hydrogen) atoms. The average molecular weight is 335 g/mol. The Balaban J connectivity index is 1.90. The lowest BCUT2D eigenvalue weighted by molar-refractivity contribution is 0.112. The number of carbonyl (C=O) groups excluding carboxylic acids is 1. The Morgan fingerprint density at radius 3 is 2.64 bits per heavy atom. The third-order valence-corrected chi connectivity index (χ3v) is 4.70. The van der Waals surface area contributed by atoms with Gasteiger partial charge in [-0.25, -0.2) is 0 Å². The molecule has 3 nitrogen and oxygen atoms in total. The van der Waals surface area contributed by atoms with Crippen LogP contribution in [0.5, 0.6) is 5.75 Å². The molecule has 0 bridgehead atoms. The SMILES string of the molecule is CCCCOc1ccc2c(c1)c(C=O)c(C)n2CCc1ccccc1. The van der Waals surface area contributed by atoms with E-state index in [9.17, 15) is 4.79 Å². The van der Waals surface area contributed by atoms with E-state index in [4.69, 9.17) is 4.74 Å². The topological polar surface area (TPSA) is 31.2 Å². The number of hydrogen-bond acceptors (Lipinski definition) is 2. The number of carbonyl (C=O) groups is 1. The first-order valence-electron chi connectivity index (χ1n) is 8.99. The van der Waals surface area contributed by atoms with Gasteiger partial charge in [0.1, 0.15) is 5.75 Å². The summed E-state index contributed by atoms with van der Waals surface area (Å²) in [4.78, 5) is 11.6. The molecule has 0 N–H and O–H groups in total. The fourth-order valence-corrected chi connectivity index (χ4v) is 3.23. The summed E-state index contributed by atoms with van der Waals surface area (Å²) in [6, 6.07) is 16.5. The minimum absolute atomic E-state index is 0.714. The molecule has 3 aromatic rings. The second kappa shape index (κ2) is 8.02. The van der Waals surface area contributed by atoms with E-state index in [-0.39, 0.29) is 0 Å². The van der Waals surface area contributed by atoms with Gasteiger partial charge in [0.15, 0.2) is 6.29 Å². The van der Waals surface area contributed by atoms with Crippen molar-refractivity contribution in [3.63, 3.8) is 0 Å². The summed E-state index contributed by atoms with van der Waals surface area (Å²) in [5, 5.41) is 0.981. The molecule has 0 fully saturated rings. The lowest BCUT2D eigenvalue weighted by atomic mass is 10.1. The van der Waals surface area contributed by atoms with Crippen LogP contribution in [0.2, 0.25) is 0 Å². The minimum Gasteiger partial charge on any atom is -0.494 e. The fourth-order valence-electron chi connectivity index (χ4n) is 3.23. The maximum absolute atomic E-state index is 11.6. The van der Waals surface area contributed by atoms with Gasteiger partial charge in [-0.05, 0) is 43.5 Å². The normalized spacial score (nSPS) is 11.0. The maximum Gasteiger partial charge on any atom is 0.152 e. The van der Waals surface area contributed by atoms with E-state index in [2.05, 4.69) is 41.8 Å². The van der Waals surface area contributed by atoms with E-state index in [1.165, 1.54) is 5.56 Å². The molecule has 0 unspecified atom stereocenters. The molecule has 0 aliphatic carbocycles. The Kier molecular flexibility index (Phi) is 5.54. The maximum atomic E-state index is 11.6. The van der Waals surface area contributed by atoms with Crippen LogP contribution < -0.4 is 4.74 Å². The Labute approximate surface area is 149 Å². The number of aromatic nitrogens is 1. The highest BCUT2D eigenvalue weighted by atomic mass is 16.5. The van der Waals surface area contributed by atoms with E-state index >= 15 is 0 Å². The molecule has 0 aliphatic heterocycles. The van der Waals surface area contributed by atoms with Gasteiger partial charge in [-0.15, -0.1) is 0 Å². The van der Waals surface area contributed by atoms with Gasteiger partial charge >= 0.3 is 0 Å². The highest BCUT2D eigenvalue weighted by molar-refractivity contribution is 6.00. The third kappa shape index (κ3) is 3.76. The van der Waals surface area contributed by atoms with Gasteiger partial charge in [0.2, 0.25) is 0 Å². The molecule has 1 heterocycles. The van der Waals surface area contributed by atoms with Crippen molar-refractivity contribution in [3.05, 3.63) is 65.4 Å². The van der Waals surface area contributed by atoms with E-state index in [0.29, 0.717) is 6.61 Å². The number of rotatable bonds is 8. The molecule has 3 heteroatoms. The van der Waals surface area contributed by atoms with E-state index in [1.54, 1.807) is 0 Å². The second-order valence-electron chi connectivity index (χ2n) is 6.39. The van der Waals surface area contributed by atoms with E-state index in [1.807, 2.05) is 25.1 Å². The monoisotopic (exact) mass is 335 g/mol. The molecule has 0 amide bonds. The quantitative estimate of drug-likeness (QED) is 0.419. The number of nitrogens with zero attached hydrogens (tertiary/aromatic N) is 1. The van der Waals surface area contributed by atoms with Crippen molar-refractivity contribution in [3.8, 4) is 5.75 Å². The lowest BCUT2D eigenvalue weighted by Gasteiger charge is -2.09. The molecule has 2 aromatic carbocycles. The van der Waals surface area contributed by atoms with Crippen LogP contribution >= 0.6 is 0 Å². The first kappa shape index (κ1) is 17.3. The van der Waals surface area contributed by atoms with Gasteiger partial charge in [-0.3, -0.25) is 4.79 Å². The third-order valence-electron chi connectivity index (χ3n) is 4.70. The number of aryl methyl sites for hydroxylation is 2. The van der Waals surface area contributed by atoms with Gasteiger partial charge in [0, 0.05) is 28.7 Å². The number of hydrogen-bond donors (Lipinski definition) is 0. The standard InChI is InChI=1S/C22H25NO2/c1-3-4-14-25-19-10-11-22-20(15-19)21(16-24)17(2)23(22)13-12-18-8-6-5-7-9-18/h5-11,15-16H,3-4,12-14H2,1-2H3. The Morgan fingerprint density at radius 1 is 1.12 bits per heavy atom. The summed E-state index contributed by atoms with van der Waals surface area (Å²) in [6.45, 7) is 5.74. The van der Waals surface area contributed by atoms with Crippen LogP contribution in [-0.2, 0) is 13.0 Å². The zero-order valence-electron chi connectivity index (χ0n) is 15.0. The Hall–Kier alpha value is -2.55. The van der Waals surface area contributed by atoms with Crippen LogP contribution in [-0.4, -0.2) is 17.5 Å². The molecule has 0 aliphatic rings. The predicted molar refractivity (Wildman–Crippen MR) is 103 cm³/mol. The minimum atomic E-state index is 0.714. The molecule has 130 valence electrons. The first-order chi connectivity index (χ1) is 12.2. The Morgan fingerprint density at radius 2 is 1.92 bits per heavy atom. The van der Waals surface area contributed by atoms with Gasteiger partial charge in [0.05, 0.1) is 6.61 Å². The van der Waals surface area contributed by atoms with Crippen LogP contribution in [0.3, 0.4) is 0 Å². The average Bonchev–Trinajstić information content (AvgIpc) is 2.91. The molecule has 0 atom stereocenters. The number of unbranched alkanes of at least 4 members (excludes halogenated alkanes) is 1. The van der Waals surface area contributed by atoms with Crippen molar-refractivity contribution >= 4 is 17.2 Å². The highest BCUT2D eigenvalue weighted by Crippen LogP contribution is 2.29. The first-order valence-corrected chi connectivity index (χ1v) is 8.99. The number of fused-ring (bicyclic) bond motifs is 1. The highest BCUT2D eigenvalue weighted by Gasteiger charge is 2.14. The van der Waals surface area contributed by atoms with Crippen molar-refractivity contribution in [2.45, 2.75) is 39.7 Å². The summed E-state index contributed by atoms with van der Waals surface area (Å²) >= 11 is 0. The van der Waals surface area contributed by atoms with Crippen molar-refractivity contribution < 1.29 is 9.53 Å². The molecule has 0 saturated heterocycles. The molecule has 0 saturated carbocycles. The van der Waals surface area contributed by atoms with Crippen LogP contribution in [0.15, 0.2) is 48.5 Å². The van der Waals surface area contributed by atoms with Crippen molar-refractivity contribution in [1.29, 1.82) is 0 Å². The van der Waals surface area contributed by atoms with Gasteiger partial charge < -0.3 is 9.30 Å². The largest absolute Gasteiger partial charge is 0.494 e. The molecule has 1 aromatic heterocycles. The molecule has 3 rings (SSSR count). The zero-order chi connectivity index (χ0) is 17.6. The van der Waals surface area contributed by atoms with Gasteiger partial charge in [0.25, 0.3) is 0 Å². The zero-order valence-corrected chi connectivity index (χ0v) is 15.0. The Bertz CT molecular complexity index is 849. The van der Waals surface area contributed by atoms with Crippen LogP contribution in [0.4, 0.5) is 0 Å². The van der Waals surface area contributed by atoms with E-state index in [0.717, 1.165) is 60.0 Å². The number of ether oxygens (including phenoxy) is 1. The van der Waals surface area contributed by atoms with Gasteiger partial charge in [-0.2, -0.15) is 0 Å². The summed E-state index contributed by atoms with van der Waals surface area (Å²) in [7, 11) is 0. The van der Waals surface area contributed by atoms with E-state index < -0.39 is 0 Å². The summed E-state index contributed by atoms with van der Waals surface area (Å²) < 4.78 is 8.05. The molecular weight excluding hydrogens is 310 g/mol. The number of aldehydes is 1. The summed E-state index contributed by atoms with van der Waals surface area (Å²) in [5.41, 5.74) is 4.19. The lowest BCUT2D eigenvalue weighted by Crippen LogP contribution is -2.03. The summed E-state index contributed by atoms with van der Waals surface area (Å²) in [5.74, 6) is 0.837. The fraction of sp³-hybridized carbons (Fsp3) is 0.318. The molecule has 0 spiro atoms. The summed E-state index contributed by atoms with van der Waals surface area (Å²) in [6.07, 6.45) is 4.05. The predicted octanol–water partition coefficient (Wildman–Crippen LogP) is 5.18. The van der Waals surface area contributed by atoms with Crippen LogP contribution in [0, 0.1) is 6.92 Å². The second-order valence-corrected chi connectivity index (χ2v) is 6.39. The molecule has 0 radical (unpaired) electrons. The van der Waals surface area contributed by atoms with Gasteiger partial charge in [-0.1, -0.05) is 43.7 Å². The van der Waals surface area contributed by atoms with Crippen molar-refractivity contribution in [2.24, 2.45) is 0 Å². The van der Waals surface area contributed by atoms with Crippen molar-refractivity contribution in [2.75, 3.05) is 6.61 Å².